The lowest BCUT2D eigenvalue weighted by atomic mass is 9.90. The van der Waals surface area contributed by atoms with E-state index in [1.165, 1.54) is 23.6 Å². The fourth-order valence-electron chi connectivity index (χ4n) is 6.22. The number of hydroxylamine groups is 1. The van der Waals surface area contributed by atoms with Crippen molar-refractivity contribution in [3.63, 3.8) is 0 Å². The van der Waals surface area contributed by atoms with E-state index < -0.39 is 17.7 Å². The molecule has 3 aliphatic rings. The van der Waals surface area contributed by atoms with Crippen LogP contribution in [0.1, 0.15) is 48.2 Å². The minimum absolute atomic E-state index is 0.00656. The predicted molar refractivity (Wildman–Crippen MR) is 145 cm³/mol. The first-order valence-corrected chi connectivity index (χ1v) is 14.5. The number of alkyl halides is 3. The van der Waals surface area contributed by atoms with Crippen molar-refractivity contribution in [2.75, 3.05) is 31.1 Å². The highest BCUT2D eigenvalue weighted by molar-refractivity contribution is 6.30. The number of halogens is 5. The number of nitrogens with one attached hydrogen (secondary N) is 1. The van der Waals surface area contributed by atoms with E-state index >= 15 is 0 Å². The van der Waals surface area contributed by atoms with E-state index in [-0.39, 0.29) is 37.2 Å². The van der Waals surface area contributed by atoms with Gasteiger partial charge in [-0.2, -0.15) is 18.3 Å². The van der Waals surface area contributed by atoms with Crippen LogP contribution in [0.5, 0.6) is 5.75 Å². The standard InChI is InChI=1S/C28H32ClF4N7O2/c29-20-13-34-27(35-14-20)38-7-3-17(4-8-38)22-11-18(22)6-10-42-21-2-1-19(24(30)12-21)15-40(41)39-9-5-25-23(16-39)26(37-36-25)28(31,32)33/h1-2,12-14,17-18,22,41H,3-11,15-16H2,(H,36,37)/t18-,22-/m1/s1. The summed E-state index contributed by atoms with van der Waals surface area (Å²) in [5, 5.41) is 19.0. The van der Waals surface area contributed by atoms with Crippen LogP contribution in [0, 0.1) is 23.6 Å². The van der Waals surface area contributed by atoms with Gasteiger partial charge in [0.1, 0.15) is 11.6 Å². The highest BCUT2D eigenvalue weighted by Gasteiger charge is 2.43. The smallest absolute Gasteiger partial charge is 0.435 e. The summed E-state index contributed by atoms with van der Waals surface area (Å²) in [6, 6.07) is 4.46. The summed E-state index contributed by atoms with van der Waals surface area (Å²) >= 11 is 5.89. The highest BCUT2D eigenvalue weighted by atomic mass is 35.5. The van der Waals surface area contributed by atoms with Crippen molar-refractivity contribution in [2.24, 2.45) is 17.8 Å². The molecule has 0 amide bonds. The van der Waals surface area contributed by atoms with Crippen molar-refractivity contribution >= 4 is 17.5 Å². The number of aromatic nitrogens is 4. The van der Waals surface area contributed by atoms with E-state index in [0.29, 0.717) is 40.8 Å². The Morgan fingerprint density at radius 1 is 1.14 bits per heavy atom. The summed E-state index contributed by atoms with van der Waals surface area (Å²) in [7, 11) is 0. The number of ether oxygens (including phenoxy) is 1. The average Bonchev–Trinajstić information content (AvgIpc) is 3.60. The van der Waals surface area contributed by atoms with Gasteiger partial charge in [0.15, 0.2) is 5.69 Å². The molecule has 4 heterocycles. The van der Waals surface area contributed by atoms with Crippen molar-refractivity contribution in [1.82, 2.24) is 30.3 Å². The molecule has 2 aliphatic heterocycles. The van der Waals surface area contributed by atoms with Gasteiger partial charge in [-0.1, -0.05) is 17.7 Å². The number of aromatic amines is 1. The predicted octanol–water partition coefficient (Wildman–Crippen LogP) is 5.50. The largest absolute Gasteiger partial charge is 0.493 e. The molecule has 14 heteroatoms. The molecular weight excluding hydrogens is 578 g/mol. The molecule has 42 heavy (non-hydrogen) atoms. The van der Waals surface area contributed by atoms with E-state index in [9.17, 15) is 22.8 Å². The molecular formula is C28H32ClF4N7O2. The van der Waals surface area contributed by atoms with Crippen LogP contribution < -0.4 is 9.64 Å². The lowest BCUT2D eigenvalue weighted by Gasteiger charge is -2.33. The van der Waals surface area contributed by atoms with Crippen molar-refractivity contribution in [3.05, 3.63) is 63.9 Å². The number of rotatable bonds is 9. The Morgan fingerprint density at radius 3 is 2.62 bits per heavy atom. The third-order valence-corrected chi connectivity index (χ3v) is 8.81. The first kappa shape index (κ1) is 29.1. The molecule has 2 N–H and O–H groups in total. The summed E-state index contributed by atoms with van der Waals surface area (Å²) in [5.41, 5.74) is -0.397. The Balaban J connectivity index is 0.937. The van der Waals surface area contributed by atoms with Crippen LogP contribution in [0.15, 0.2) is 30.6 Å². The summed E-state index contributed by atoms with van der Waals surface area (Å²) in [4.78, 5) is 10.8. The molecule has 2 fully saturated rings. The Morgan fingerprint density at radius 2 is 1.90 bits per heavy atom. The Kier molecular flexibility index (Phi) is 8.27. The summed E-state index contributed by atoms with van der Waals surface area (Å²) in [5.74, 6) is 2.56. The summed E-state index contributed by atoms with van der Waals surface area (Å²) < 4.78 is 60.4. The molecule has 0 spiro atoms. The van der Waals surface area contributed by atoms with Crippen LogP contribution in [0.4, 0.5) is 23.5 Å². The first-order valence-electron chi connectivity index (χ1n) is 14.1. The molecule has 2 atom stereocenters. The minimum atomic E-state index is -4.60. The molecule has 3 aromatic rings. The van der Waals surface area contributed by atoms with E-state index in [0.717, 1.165) is 43.5 Å². The lowest BCUT2D eigenvalue weighted by Crippen LogP contribution is -2.43. The van der Waals surface area contributed by atoms with Crippen LogP contribution in [-0.2, 0) is 25.7 Å². The Labute approximate surface area is 245 Å². The van der Waals surface area contributed by atoms with Gasteiger partial charge in [0.2, 0.25) is 5.95 Å². The van der Waals surface area contributed by atoms with Gasteiger partial charge in [-0.25, -0.2) is 19.4 Å². The van der Waals surface area contributed by atoms with E-state index in [2.05, 4.69) is 25.1 Å². The lowest BCUT2D eigenvalue weighted by molar-refractivity contribution is -0.260. The summed E-state index contributed by atoms with van der Waals surface area (Å²) in [6.07, 6.45) is 3.21. The Hall–Kier alpha value is -3.00. The molecule has 9 nitrogen and oxygen atoms in total. The molecule has 1 aliphatic carbocycles. The maximum absolute atomic E-state index is 14.8. The molecule has 0 radical (unpaired) electrons. The quantitative estimate of drug-likeness (QED) is 0.243. The number of benzene rings is 1. The monoisotopic (exact) mass is 609 g/mol. The molecule has 1 aromatic carbocycles. The molecule has 6 rings (SSSR count). The molecule has 1 saturated heterocycles. The SMILES string of the molecule is ON(Cc1ccc(OCC[C@@H]2C[C@@H]2C2CCN(c3ncc(Cl)cn3)CC2)cc1F)N1CCc2[nH]nc(C(F)(F)F)c2C1. The van der Waals surface area contributed by atoms with E-state index in [1.54, 1.807) is 18.5 Å². The second-order valence-electron chi connectivity index (χ2n) is 11.3. The van der Waals surface area contributed by atoms with Crippen LogP contribution in [-0.4, -0.2) is 61.8 Å². The first-order chi connectivity index (χ1) is 20.2. The van der Waals surface area contributed by atoms with Gasteiger partial charge < -0.3 is 9.64 Å². The average molecular weight is 610 g/mol. The number of anilines is 1. The zero-order valence-corrected chi connectivity index (χ0v) is 23.6. The van der Waals surface area contributed by atoms with Gasteiger partial charge in [-0.3, -0.25) is 10.3 Å². The van der Waals surface area contributed by atoms with Crippen LogP contribution in [0.25, 0.3) is 0 Å². The third-order valence-electron chi connectivity index (χ3n) is 8.61. The summed E-state index contributed by atoms with van der Waals surface area (Å²) in [6.45, 7) is 2.22. The topological polar surface area (TPSA) is 93.6 Å². The molecule has 2 aromatic heterocycles. The zero-order valence-electron chi connectivity index (χ0n) is 22.8. The molecule has 0 bridgehead atoms. The van der Waals surface area contributed by atoms with Crippen LogP contribution >= 0.6 is 11.6 Å². The number of hydrogen-bond acceptors (Lipinski definition) is 8. The number of H-pyrrole nitrogens is 1. The van der Waals surface area contributed by atoms with Gasteiger partial charge in [0.25, 0.3) is 0 Å². The Bertz CT molecular complexity index is 1380. The van der Waals surface area contributed by atoms with Gasteiger partial charge in [-0.05, 0) is 49.5 Å². The van der Waals surface area contributed by atoms with Gasteiger partial charge in [-0.15, -0.1) is 5.17 Å². The van der Waals surface area contributed by atoms with E-state index in [4.69, 9.17) is 16.3 Å². The van der Waals surface area contributed by atoms with E-state index in [1.807, 2.05) is 0 Å². The van der Waals surface area contributed by atoms with Crippen molar-refractivity contribution < 1.29 is 27.5 Å². The number of hydrazine groups is 1. The third kappa shape index (κ3) is 6.48. The van der Waals surface area contributed by atoms with Crippen molar-refractivity contribution in [3.8, 4) is 5.75 Å². The molecule has 1 saturated carbocycles. The van der Waals surface area contributed by atoms with Gasteiger partial charge in [0, 0.05) is 55.5 Å². The second-order valence-corrected chi connectivity index (χ2v) is 11.7. The number of piperidine rings is 1. The van der Waals surface area contributed by atoms with Crippen LogP contribution in [0.3, 0.4) is 0 Å². The highest BCUT2D eigenvalue weighted by Crippen LogP contribution is 2.50. The maximum Gasteiger partial charge on any atom is 0.435 e. The normalized spacial score (nSPS) is 21.5. The van der Waals surface area contributed by atoms with Gasteiger partial charge in [0.05, 0.1) is 30.6 Å². The van der Waals surface area contributed by atoms with Crippen molar-refractivity contribution in [2.45, 2.75) is 51.4 Å². The fraction of sp³-hybridized carbons (Fsp3) is 0.536. The fourth-order valence-corrected chi connectivity index (χ4v) is 6.31. The molecule has 0 unspecified atom stereocenters. The zero-order chi connectivity index (χ0) is 29.4. The molecule has 226 valence electrons. The van der Waals surface area contributed by atoms with Gasteiger partial charge >= 0.3 is 6.18 Å². The maximum atomic E-state index is 14.8. The van der Waals surface area contributed by atoms with Crippen molar-refractivity contribution in [1.29, 1.82) is 0 Å². The number of fused-ring (bicyclic) bond motifs is 1. The number of hydrogen-bond donors (Lipinski definition) is 2. The second kappa shape index (κ2) is 11.9. The minimum Gasteiger partial charge on any atom is -0.493 e. The number of nitrogens with zero attached hydrogens (tertiary/aromatic N) is 6. The van der Waals surface area contributed by atoms with Crippen LogP contribution in [0.2, 0.25) is 5.02 Å².